The molecule has 1 aliphatic heterocycles. The molecule has 0 amide bonds. The number of piperidine rings is 1. The first-order chi connectivity index (χ1) is 9.48. The minimum atomic E-state index is -3.64. The van der Waals surface area contributed by atoms with Crippen molar-refractivity contribution in [3.63, 3.8) is 0 Å². The predicted octanol–water partition coefficient (Wildman–Crippen LogP) is 1.12. The number of aromatic nitrogens is 1. The molecule has 21 heavy (non-hydrogen) atoms. The molecule has 2 atom stereocenters. The maximum absolute atomic E-state index is 12.7. The summed E-state index contributed by atoms with van der Waals surface area (Å²) in [6.07, 6.45) is 4.21. The number of nitrogens with two attached hydrogens (primary N) is 1. The zero-order valence-corrected chi connectivity index (χ0v) is 13.4. The van der Waals surface area contributed by atoms with Gasteiger partial charge in [-0.2, -0.15) is 9.57 Å². The standard InChI is InChI=1S/C13H18N4O2S.ClH/c1-10-2-3-17(12(4-10)7-15)20(18,19)13-5-11(6-14)8-16-9-13;/h5,8-10,12H,2-4,7,15H2,1H3;1H. The van der Waals surface area contributed by atoms with Gasteiger partial charge in [-0.05, 0) is 24.8 Å². The lowest BCUT2D eigenvalue weighted by atomic mass is 9.94. The van der Waals surface area contributed by atoms with Crippen molar-refractivity contribution in [1.29, 1.82) is 5.26 Å². The fourth-order valence-corrected chi connectivity index (χ4v) is 4.17. The topological polar surface area (TPSA) is 100 Å². The van der Waals surface area contributed by atoms with E-state index < -0.39 is 10.0 Å². The van der Waals surface area contributed by atoms with Crippen molar-refractivity contribution < 1.29 is 8.42 Å². The maximum Gasteiger partial charge on any atom is 0.244 e. The molecule has 0 aromatic carbocycles. The largest absolute Gasteiger partial charge is 0.329 e. The van der Waals surface area contributed by atoms with Crippen LogP contribution in [0.25, 0.3) is 0 Å². The summed E-state index contributed by atoms with van der Waals surface area (Å²) in [6.45, 7) is 2.86. The average molecular weight is 331 g/mol. The summed E-state index contributed by atoms with van der Waals surface area (Å²) in [5.74, 6) is 0.471. The number of sulfonamides is 1. The summed E-state index contributed by atoms with van der Waals surface area (Å²) in [5, 5.41) is 8.85. The first-order valence-corrected chi connectivity index (χ1v) is 8.00. The lowest BCUT2D eigenvalue weighted by Gasteiger charge is -2.36. The second kappa shape index (κ2) is 7.18. The fraction of sp³-hybridized carbons (Fsp3) is 0.538. The molecule has 0 saturated carbocycles. The van der Waals surface area contributed by atoms with Crippen molar-refractivity contribution in [2.45, 2.75) is 30.7 Å². The normalized spacial score (nSPS) is 23.1. The zero-order chi connectivity index (χ0) is 14.8. The van der Waals surface area contributed by atoms with Crippen LogP contribution < -0.4 is 5.73 Å². The smallest absolute Gasteiger partial charge is 0.244 e. The molecule has 2 rings (SSSR count). The summed E-state index contributed by atoms with van der Waals surface area (Å²) in [5.41, 5.74) is 5.95. The van der Waals surface area contributed by atoms with Gasteiger partial charge >= 0.3 is 0 Å². The Kier molecular flexibility index (Phi) is 6.10. The average Bonchev–Trinajstić information content (AvgIpc) is 2.46. The van der Waals surface area contributed by atoms with Crippen LogP contribution in [0.3, 0.4) is 0 Å². The van der Waals surface area contributed by atoms with Crippen LogP contribution in [-0.4, -0.2) is 36.8 Å². The number of nitrogens with zero attached hydrogens (tertiary/aromatic N) is 3. The SMILES string of the molecule is CC1CCN(S(=O)(=O)c2cncc(C#N)c2)C(CN)C1.Cl. The van der Waals surface area contributed by atoms with Gasteiger partial charge in [0.05, 0.1) is 5.56 Å². The molecule has 1 aromatic rings. The summed E-state index contributed by atoms with van der Waals surface area (Å²) in [6, 6.07) is 3.07. The van der Waals surface area contributed by atoms with E-state index in [2.05, 4.69) is 11.9 Å². The Balaban J connectivity index is 0.00000220. The Hall–Kier alpha value is -1.20. The monoisotopic (exact) mass is 330 g/mol. The van der Waals surface area contributed by atoms with Gasteiger partial charge in [0.15, 0.2) is 0 Å². The Morgan fingerprint density at radius 2 is 2.24 bits per heavy atom. The summed E-state index contributed by atoms with van der Waals surface area (Å²) in [4.78, 5) is 3.88. The predicted molar refractivity (Wildman–Crippen MR) is 81.3 cm³/mol. The molecule has 0 spiro atoms. The van der Waals surface area contributed by atoms with Crippen LogP contribution >= 0.6 is 12.4 Å². The van der Waals surface area contributed by atoms with Gasteiger partial charge in [-0.3, -0.25) is 4.98 Å². The van der Waals surface area contributed by atoms with Crippen LogP contribution in [0.2, 0.25) is 0 Å². The minimum absolute atomic E-state index is 0. The molecular formula is C13H19ClN4O2S. The van der Waals surface area contributed by atoms with Crippen LogP contribution in [0, 0.1) is 17.2 Å². The number of rotatable bonds is 3. The Bertz CT molecular complexity index is 629. The van der Waals surface area contributed by atoms with E-state index in [4.69, 9.17) is 11.0 Å². The highest BCUT2D eigenvalue weighted by Gasteiger charge is 2.35. The van der Waals surface area contributed by atoms with Gasteiger partial charge in [-0.1, -0.05) is 6.92 Å². The number of hydrogen-bond donors (Lipinski definition) is 1. The second-order valence-electron chi connectivity index (χ2n) is 5.16. The molecule has 0 radical (unpaired) electrons. The zero-order valence-electron chi connectivity index (χ0n) is 11.8. The lowest BCUT2D eigenvalue weighted by Crippen LogP contribution is -2.49. The van der Waals surface area contributed by atoms with Gasteiger partial charge in [0.25, 0.3) is 0 Å². The Morgan fingerprint density at radius 1 is 1.52 bits per heavy atom. The highest BCUT2D eigenvalue weighted by Crippen LogP contribution is 2.27. The second-order valence-corrected chi connectivity index (χ2v) is 7.05. The number of halogens is 1. The summed E-state index contributed by atoms with van der Waals surface area (Å²) in [7, 11) is -3.64. The van der Waals surface area contributed by atoms with E-state index in [0.717, 1.165) is 12.8 Å². The van der Waals surface area contributed by atoms with E-state index in [-0.39, 0.29) is 28.9 Å². The van der Waals surface area contributed by atoms with Crippen molar-refractivity contribution in [2.24, 2.45) is 11.7 Å². The van der Waals surface area contributed by atoms with Crippen molar-refractivity contribution in [3.05, 3.63) is 24.0 Å². The van der Waals surface area contributed by atoms with Gasteiger partial charge in [-0.15, -0.1) is 12.4 Å². The van der Waals surface area contributed by atoms with Gasteiger partial charge in [0.1, 0.15) is 11.0 Å². The van der Waals surface area contributed by atoms with Crippen LogP contribution in [0.4, 0.5) is 0 Å². The molecule has 6 nitrogen and oxygen atoms in total. The molecule has 116 valence electrons. The molecule has 2 heterocycles. The van der Waals surface area contributed by atoms with Gasteiger partial charge in [0.2, 0.25) is 10.0 Å². The van der Waals surface area contributed by atoms with Crippen molar-refractivity contribution in [2.75, 3.05) is 13.1 Å². The van der Waals surface area contributed by atoms with E-state index in [1.54, 1.807) is 0 Å². The van der Waals surface area contributed by atoms with Crippen LogP contribution in [0.5, 0.6) is 0 Å². The number of nitriles is 1. The molecule has 1 aliphatic rings. The molecule has 1 saturated heterocycles. The van der Waals surface area contributed by atoms with Crippen LogP contribution in [0.15, 0.2) is 23.4 Å². The number of hydrogen-bond acceptors (Lipinski definition) is 5. The molecule has 2 unspecified atom stereocenters. The maximum atomic E-state index is 12.7. The van der Waals surface area contributed by atoms with E-state index in [9.17, 15) is 8.42 Å². The van der Waals surface area contributed by atoms with Crippen LogP contribution in [0.1, 0.15) is 25.3 Å². The van der Waals surface area contributed by atoms with Crippen LogP contribution in [-0.2, 0) is 10.0 Å². The van der Waals surface area contributed by atoms with Gasteiger partial charge < -0.3 is 5.73 Å². The van der Waals surface area contributed by atoms with Crippen molar-refractivity contribution >= 4 is 22.4 Å². The third-order valence-corrected chi connectivity index (χ3v) is 5.56. The van der Waals surface area contributed by atoms with Gasteiger partial charge in [-0.25, -0.2) is 8.42 Å². The first kappa shape index (κ1) is 17.9. The molecule has 0 bridgehead atoms. The van der Waals surface area contributed by atoms with Crippen molar-refractivity contribution in [1.82, 2.24) is 9.29 Å². The van der Waals surface area contributed by atoms with E-state index in [1.165, 1.54) is 22.8 Å². The quantitative estimate of drug-likeness (QED) is 0.895. The minimum Gasteiger partial charge on any atom is -0.329 e. The van der Waals surface area contributed by atoms with E-state index >= 15 is 0 Å². The highest BCUT2D eigenvalue weighted by atomic mass is 35.5. The Morgan fingerprint density at radius 3 is 2.86 bits per heavy atom. The summed E-state index contributed by atoms with van der Waals surface area (Å²) >= 11 is 0. The highest BCUT2D eigenvalue weighted by molar-refractivity contribution is 7.89. The molecule has 8 heteroatoms. The third-order valence-electron chi connectivity index (χ3n) is 3.64. The summed E-state index contributed by atoms with van der Waals surface area (Å²) < 4.78 is 26.8. The fourth-order valence-electron chi connectivity index (χ4n) is 2.52. The lowest BCUT2D eigenvalue weighted by molar-refractivity contribution is 0.211. The Labute approximate surface area is 131 Å². The third kappa shape index (κ3) is 3.71. The molecule has 1 fully saturated rings. The molecular weight excluding hydrogens is 312 g/mol. The van der Waals surface area contributed by atoms with Gasteiger partial charge in [0, 0.05) is 31.5 Å². The van der Waals surface area contributed by atoms with E-state index in [0.29, 0.717) is 19.0 Å². The molecule has 0 aliphatic carbocycles. The first-order valence-electron chi connectivity index (χ1n) is 6.56. The van der Waals surface area contributed by atoms with Crippen molar-refractivity contribution in [3.8, 4) is 6.07 Å². The van der Waals surface area contributed by atoms with E-state index in [1.807, 2.05) is 6.07 Å². The number of pyridine rings is 1. The molecule has 2 N–H and O–H groups in total. The molecule has 1 aromatic heterocycles.